The van der Waals surface area contributed by atoms with E-state index in [1.807, 2.05) is 24.3 Å². The molecular weight excluding hydrogens is 428 g/mol. The summed E-state index contributed by atoms with van der Waals surface area (Å²) < 4.78 is 29.0. The van der Waals surface area contributed by atoms with Crippen molar-refractivity contribution in [2.45, 2.75) is 43.8 Å². The van der Waals surface area contributed by atoms with Gasteiger partial charge in [-0.2, -0.15) is 14.0 Å². The molecule has 2 atom stereocenters. The highest BCUT2D eigenvalue weighted by molar-refractivity contribution is 5.79. The molecule has 0 radical (unpaired) electrons. The lowest BCUT2D eigenvalue weighted by Crippen LogP contribution is -2.34. The SMILES string of the molecule is O=C1CC[C@H](C=CC(O)C(F)(F)c2ccccc2)N1CCCc1ccc(-c2nn[nH]n2)cc1. The fourth-order valence-electron chi connectivity index (χ4n) is 3.99. The van der Waals surface area contributed by atoms with Crippen LogP contribution in [0.5, 0.6) is 0 Å². The van der Waals surface area contributed by atoms with Crippen molar-refractivity contribution in [3.05, 3.63) is 77.9 Å². The number of H-pyrrole nitrogens is 1. The Morgan fingerprint density at radius 2 is 1.94 bits per heavy atom. The average molecular weight is 453 g/mol. The second-order valence-corrected chi connectivity index (χ2v) is 8.05. The van der Waals surface area contributed by atoms with Gasteiger partial charge in [-0.05, 0) is 30.0 Å². The van der Waals surface area contributed by atoms with Crippen LogP contribution in [0.3, 0.4) is 0 Å². The number of hydrogen-bond donors (Lipinski definition) is 2. The minimum Gasteiger partial charge on any atom is -0.382 e. The van der Waals surface area contributed by atoms with Gasteiger partial charge in [-0.25, -0.2) is 0 Å². The molecule has 2 N–H and O–H groups in total. The standard InChI is InChI=1S/C24H25F2N5O2/c25-24(26,19-6-2-1-3-7-19)21(32)14-12-20-13-15-22(33)31(20)16-4-5-17-8-10-18(11-9-17)23-27-29-30-28-23/h1-3,6-12,14,20-21,32H,4-5,13,15-16H2,(H,27,28,29,30)/t20-,21?/m0/s1. The maximum Gasteiger partial charge on any atom is 0.302 e. The van der Waals surface area contributed by atoms with Crippen LogP contribution in [0.2, 0.25) is 0 Å². The summed E-state index contributed by atoms with van der Waals surface area (Å²) in [7, 11) is 0. The number of tetrazole rings is 1. The zero-order valence-electron chi connectivity index (χ0n) is 17.9. The third kappa shape index (κ3) is 5.31. The van der Waals surface area contributed by atoms with Crippen molar-refractivity contribution >= 4 is 5.91 Å². The van der Waals surface area contributed by atoms with E-state index in [1.54, 1.807) is 11.0 Å². The van der Waals surface area contributed by atoms with Gasteiger partial charge < -0.3 is 10.0 Å². The van der Waals surface area contributed by atoms with E-state index in [-0.39, 0.29) is 17.5 Å². The first kappa shape index (κ1) is 22.7. The van der Waals surface area contributed by atoms with Crippen LogP contribution in [0.15, 0.2) is 66.7 Å². The quantitative estimate of drug-likeness (QED) is 0.484. The molecule has 0 bridgehead atoms. The number of carbonyl (C=O) groups excluding carboxylic acids is 1. The number of benzene rings is 2. The van der Waals surface area contributed by atoms with E-state index >= 15 is 0 Å². The summed E-state index contributed by atoms with van der Waals surface area (Å²) in [5, 5.41) is 24.0. The molecule has 0 aliphatic carbocycles. The van der Waals surface area contributed by atoms with Crippen molar-refractivity contribution in [2.24, 2.45) is 0 Å². The summed E-state index contributed by atoms with van der Waals surface area (Å²) in [6.07, 6.45) is 3.11. The van der Waals surface area contributed by atoms with E-state index in [9.17, 15) is 18.7 Å². The Morgan fingerprint density at radius 3 is 2.64 bits per heavy atom. The monoisotopic (exact) mass is 453 g/mol. The molecule has 33 heavy (non-hydrogen) atoms. The van der Waals surface area contributed by atoms with E-state index in [2.05, 4.69) is 20.6 Å². The number of likely N-dealkylation sites (tertiary alicyclic amines) is 1. The van der Waals surface area contributed by atoms with Gasteiger partial charge in [-0.3, -0.25) is 4.79 Å². The number of aliphatic hydroxyl groups is 1. The number of aryl methyl sites for hydroxylation is 1. The van der Waals surface area contributed by atoms with Gasteiger partial charge in [0.25, 0.3) is 0 Å². The summed E-state index contributed by atoms with van der Waals surface area (Å²) in [5.74, 6) is -2.88. The highest BCUT2D eigenvalue weighted by Gasteiger charge is 2.39. The van der Waals surface area contributed by atoms with Crippen molar-refractivity contribution in [3.8, 4) is 11.4 Å². The number of hydrogen-bond acceptors (Lipinski definition) is 5. The summed E-state index contributed by atoms with van der Waals surface area (Å²) in [4.78, 5) is 14.0. The highest BCUT2D eigenvalue weighted by Crippen LogP contribution is 2.32. The molecule has 172 valence electrons. The Bertz CT molecular complexity index is 1070. The summed E-state index contributed by atoms with van der Waals surface area (Å²) in [6.45, 7) is 0.519. The van der Waals surface area contributed by atoms with E-state index < -0.39 is 12.0 Å². The van der Waals surface area contributed by atoms with Gasteiger partial charge in [0.05, 0.1) is 6.04 Å². The van der Waals surface area contributed by atoms with E-state index in [0.717, 1.165) is 30.0 Å². The molecule has 9 heteroatoms. The number of carbonyl (C=O) groups is 1. The third-order valence-corrected chi connectivity index (χ3v) is 5.84. The second kappa shape index (κ2) is 9.99. The normalized spacial score (nSPS) is 17.7. The number of nitrogens with zero attached hydrogens (tertiary/aromatic N) is 4. The summed E-state index contributed by atoms with van der Waals surface area (Å²) in [5.41, 5.74) is 1.73. The lowest BCUT2D eigenvalue weighted by atomic mass is 10.0. The molecule has 4 rings (SSSR count). The zero-order chi connectivity index (χ0) is 23.3. The number of nitrogens with one attached hydrogen (secondary N) is 1. The van der Waals surface area contributed by atoms with Gasteiger partial charge in [0, 0.05) is 24.1 Å². The van der Waals surface area contributed by atoms with Crippen molar-refractivity contribution in [1.29, 1.82) is 0 Å². The van der Waals surface area contributed by atoms with Crippen molar-refractivity contribution in [1.82, 2.24) is 25.5 Å². The van der Waals surface area contributed by atoms with Gasteiger partial charge >= 0.3 is 5.92 Å². The molecule has 1 aromatic heterocycles. The number of aromatic amines is 1. The van der Waals surface area contributed by atoms with Crippen molar-refractivity contribution < 1.29 is 18.7 Å². The Hall–Kier alpha value is -3.46. The van der Waals surface area contributed by atoms with E-state index in [4.69, 9.17) is 0 Å². The molecule has 1 aliphatic heterocycles. The maximum absolute atomic E-state index is 14.5. The summed E-state index contributed by atoms with van der Waals surface area (Å²) >= 11 is 0. The largest absolute Gasteiger partial charge is 0.382 e. The van der Waals surface area contributed by atoms with Crippen LogP contribution in [0.25, 0.3) is 11.4 Å². The van der Waals surface area contributed by atoms with E-state index in [0.29, 0.717) is 25.2 Å². The Morgan fingerprint density at radius 1 is 1.18 bits per heavy atom. The molecule has 1 aliphatic rings. The van der Waals surface area contributed by atoms with Crippen LogP contribution >= 0.6 is 0 Å². The maximum atomic E-state index is 14.5. The summed E-state index contributed by atoms with van der Waals surface area (Å²) in [6, 6.07) is 14.8. The number of alkyl halides is 2. The predicted octanol–water partition coefficient (Wildman–Crippen LogP) is 3.50. The molecule has 7 nitrogen and oxygen atoms in total. The smallest absolute Gasteiger partial charge is 0.302 e. The van der Waals surface area contributed by atoms with Crippen LogP contribution in [-0.2, 0) is 17.1 Å². The molecule has 2 aromatic carbocycles. The van der Waals surface area contributed by atoms with Crippen LogP contribution < -0.4 is 0 Å². The molecule has 0 spiro atoms. The minimum atomic E-state index is -3.40. The topological polar surface area (TPSA) is 95.0 Å². The van der Waals surface area contributed by atoms with Gasteiger partial charge in [0.1, 0.15) is 6.10 Å². The van der Waals surface area contributed by atoms with Crippen LogP contribution in [0.1, 0.15) is 30.4 Å². The van der Waals surface area contributed by atoms with Gasteiger partial charge in [0.15, 0.2) is 0 Å². The molecule has 1 amide bonds. The van der Waals surface area contributed by atoms with Crippen LogP contribution in [0, 0.1) is 0 Å². The minimum absolute atomic E-state index is 0.00131. The molecule has 1 unspecified atom stereocenters. The molecule has 1 fully saturated rings. The van der Waals surface area contributed by atoms with Crippen LogP contribution in [0.4, 0.5) is 8.78 Å². The Kier molecular flexibility index (Phi) is 6.88. The molecule has 3 aromatic rings. The number of aliphatic hydroxyl groups excluding tert-OH is 1. The van der Waals surface area contributed by atoms with Gasteiger partial charge in [-0.15, -0.1) is 10.2 Å². The Labute approximate surface area is 190 Å². The highest BCUT2D eigenvalue weighted by atomic mass is 19.3. The number of rotatable bonds is 9. The zero-order valence-corrected chi connectivity index (χ0v) is 17.9. The molecule has 2 heterocycles. The molecule has 1 saturated heterocycles. The predicted molar refractivity (Wildman–Crippen MR) is 118 cm³/mol. The van der Waals surface area contributed by atoms with Crippen molar-refractivity contribution in [2.75, 3.05) is 6.54 Å². The first-order valence-electron chi connectivity index (χ1n) is 10.9. The number of halogens is 2. The number of aromatic nitrogens is 4. The van der Waals surface area contributed by atoms with Crippen LogP contribution in [-0.4, -0.2) is 55.2 Å². The fourth-order valence-corrected chi connectivity index (χ4v) is 3.99. The van der Waals surface area contributed by atoms with Gasteiger partial charge in [0.2, 0.25) is 11.7 Å². The van der Waals surface area contributed by atoms with E-state index in [1.165, 1.54) is 30.3 Å². The second-order valence-electron chi connectivity index (χ2n) is 8.05. The third-order valence-electron chi connectivity index (χ3n) is 5.84. The fraction of sp³-hybridized carbons (Fsp3) is 0.333. The molecular formula is C24H25F2N5O2. The molecule has 0 saturated carbocycles. The first-order chi connectivity index (χ1) is 15.9. The van der Waals surface area contributed by atoms with Gasteiger partial charge in [-0.1, -0.05) is 66.7 Å². The Balaban J connectivity index is 1.32. The number of amides is 1. The first-order valence-corrected chi connectivity index (χ1v) is 10.9. The van der Waals surface area contributed by atoms with Crippen molar-refractivity contribution in [3.63, 3.8) is 0 Å². The lowest BCUT2D eigenvalue weighted by molar-refractivity contribution is -0.128. The average Bonchev–Trinajstić information content (AvgIpc) is 3.49. The lowest BCUT2D eigenvalue weighted by Gasteiger charge is -2.24.